The summed E-state index contributed by atoms with van der Waals surface area (Å²) in [7, 11) is 0. The molecule has 3 rings (SSSR count). The van der Waals surface area contributed by atoms with E-state index in [2.05, 4.69) is 10.3 Å². The first-order valence-electron chi connectivity index (χ1n) is 7.80. The number of nitrogens with zero attached hydrogens (tertiary/aromatic N) is 1. The third-order valence-corrected chi connectivity index (χ3v) is 4.75. The SMILES string of the molecule is O=C(CC[C@H]1CCCO1)Nc1ncc(Cc2ccccc2F)s1. The molecule has 4 nitrogen and oxygen atoms in total. The number of anilines is 1. The second-order valence-electron chi connectivity index (χ2n) is 5.62. The van der Waals surface area contributed by atoms with E-state index >= 15 is 0 Å². The van der Waals surface area contributed by atoms with Crippen LogP contribution in [0.2, 0.25) is 0 Å². The topological polar surface area (TPSA) is 51.2 Å². The minimum Gasteiger partial charge on any atom is -0.378 e. The van der Waals surface area contributed by atoms with Crippen molar-refractivity contribution >= 4 is 22.4 Å². The van der Waals surface area contributed by atoms with E-state index in [1.807, 2.05) is 6.07 Å². The number of amides is 1. The van der Waals surface area contributed by atoms with Crippen molar-refractivity contribution < 1.29 is 13.9 Å². The second kappa shape index (κ2) is 7.66. The molecule has 6 heteroatoms. The fourth-order valence-electron chi connectivity index (χ4n) is 2.62. The Morgan fingerprint density at radius 1 is 1.43 bits per heavy atom. The molecule has 0 aliphatic carbocycles. The standard InChI is InChI=1S/C17H19FN2O2S/c18-15-6-2-1-4-12(15)10-14-11-19-17(23-14)20-16(21)8-7-13-5-3-9-22-13/h1-2,4,6,11,13H,3,5,7-10H2,(H,19,20,21)/t13-/m1/s1. The Morgan fingerprint density at radius 2 is 2.30 bits per heavy atom. The fraction of sp³-hybridized carbons (Fsp3) is 0.412. The zero-order chi connectivity index (χ0) is 16.1. The molecule has 1 aliphatic rings. The highest BCUT2D eigenvalue weighted by atomic mass is 32.1. The number of ether oxygens (including phenoxy) is 1. The highest BCUT2D eigenvalue weighted by Gasteiger charge is 2.17. The molecule has 2 aromatic rings. The normalized spacial score (nSPS) is 17.3. The highest BCUT2D eigenvalue weighted by Crippen LogP contribution is 2.23. The first-order chi connectivity index (χ1) is 11.2. The summed E-state index contributed by atoms with van der Waals surface area (Å²) in [6.45, 7) is 0.804. The molecule has 23 heavy (non-hydrogen) atoms. The Kier molecular flexibility index (Phi) is 5.35. The molecule has 1 N–H and O–H groups in total. The summed E-state index contributed by atoms with van der Waals surface area (Å²) in [6, 6.07) is 6.69. The van der Waals surface area contributed by atoms with Crippen LogP contribution in [-0.4, -0.2) is 23.6 Å². The molecule has 0 unspecified atom stereocenters. The molecule has 1 atom stereocenters. The van der Waals surface area contributed by atoms with Crippen LogP contribution in [0.25, 0.3) is 0 Å². The quantitative estimate of drug-likeness (QED) is 0.875. The van der Waals surface area contributed by atoms with Crippen LogP contribution >= 0.6 is 11.3 Å². The van der Waals surface area contributed by atoms with Crippen LogP contribution in [0.5, 0.6) is 0 Å². The summed E-state index contributed by atoms with van der Waals surface area (Å²) < 4.78 is 19.1. The van der Waals surface area contributed by atoms with Gasteiger partial charge in [0.15, 0.2) is 5.13 Å². The van der Waals surface area contributed by atoms with Crippen molar-refractivity contribution in [2.75, 3.05) is 11.9 Å². The summed E-state index contributed by atoms with van der Waals surface area (Å²) in [5, 5.41) is 3.37. The average Bonchev–Trinajstić information content (AvgIpc) is 3.19. The molecule has 1 fully saturated rings. The Morgan fingerprint density at radius 3 is 3.09 bits per heavy atom. The van der Waals surface area contributed by atoms with Gasteiger partial charge in [0, 0.05) is 30.5 Å². The number of halogens is 1. The average molecular weight is 334 g/mol. The van der Waals surface area contributed by atoms with Gasteiger partial charge >= 0.3 is 0 Å². The van der Waals surface area contributed by atoms with Crippen LogP contribution in [0, 0.1) is 5.82 Å². The largest absolute Gasteiger partial charge is 0.378 e. The molecule has 1 aromatic carbocycles. The summed E-state index contributed by atoms with van der Waals surface area (Å²) in [4.78, 5) is 17.0. The van der Waals surface area contributed by atoms with Crippen molar-refractivity contribution in [3.05, 3.63) is 46.7 Å². The maximum Gasteiger partial charge on any atom is 0.226 e. The number of hydrogen-bond acceptors (Lipinski definition) is 4. The lowest BCUT2D eigenvalue weighted by atomic mass is 10.1. The Bertz CT molecular complexity index is 668. The maximum absolute atomic E-state index is 13.6. The van der Waals surface area contributed by atoms with E-state index in [1.54, 1.807) is 18.3 Å². The van der Waals surface area contributed by atoms with Crippen molar-refractivity contribution in [1.29, 1.82) is 0 Å². The van der Waals surface area contributed by atoms with Crippen LogP contribution in [0.15, 0.2) is 30.5 Å². The minimum atomic E-state index is -0.219. The van der Waals surface area contributed by atoms with Gasteiger partial charge < -0.3 is 10.1 Å². The van der Waals surface area contributed by atoms with E-state index < -0.39 is 0 Å². The third kappa shape index (κ3) is 4.59. The zero-order valence-electron chi connectivity index (χ0n) is 12.8. The van der Waals surface area contributed by atoms with Gasteiger partial charge in [-0.15, -0.1) is 11.3 Å². The molecule has 122 valence electrons. The number of carbonyl (C=O) groups is 1. The van der Waals surface area contributed by atoms with Gasteiger partial charge in [0.25, 0.3) is 0 Å². The van der Waals surface area contributed by atoms with Crippen molar-refractivity contribution in [2.45, 2.75) is 38.2 Å². The van der Waals surface area contributed by atoms with Gasteiger partial charge in [0.05, 0.1) is 6.10 Å². The predicted octanol–water partition coefficient (Wildman–Crippen LogP) is 3.77. The summed E-state index contributed by atoms with van der Waals surface area (Å²) in [5.74, 6) is -0.268. The fourth-order valence-corrected chi connectivity index (χ4v) is 3.47. The monoisotopic (exact) mass is 334 g/mol. The molecule has 0 radical (unpaired) electrons. The van der Waals surface area contributed by atoms with Crippen molar-refractivity contribution in [3.8, 4) is 0 Å². The number of carbonyl (C=O) groups excluding carboxylic acids is 1. The first-order valence-corrected chi connectivity index (χ1v) is 8.62. The molecular formula is C17H19FN2O2S. The predicted molar refractivity (Wildman–Crippen MR) is 88.2 cm³/mol. The number of thiazole rings is 1. The van der Waals surface area contributed by atoms with E-state index in [1.165, 1.54) is 17.4 Å². The van der Waals surface area contributed by atoms with Crippen LogP contribution in [0.3, 0.4) is 0 Å². The van der Waals surface area contributed by atoms with Crippen LogP contribution in [-0.2, 0) is 16.0 Å². The number of aromatic nitrogens is 1. The van der Waals surface area contributed by atoms with Gasteiger partial charge in [-0.25, -0.2) is 9.37 Å². The van der Waals surface area contributed by atoms with Crippen molar-refractivity contribution in [1.82, 2.24) is 4.98 Å². The first kappa shape index (κ1) is 16.1. The van der Waals surface area contributed by atoms with Crippen molar-refractivity contribution in [3.63, 3.8) is 0 Å². The van der Waals surface area contributed by atoms with Crippen molar-refractivity contribution in [2.24, 2.45) is 0 Å². The Balaban J connectivity index is 1.50. The lowest BCUT2D eigenvalue weighted by Crippen LogP contribution is -2.15. The number of nitrogens with one attached hydrogen (secondary N) is 1. The molecular weight excluding hydrogens is 315 g/mol. The maximum atomic E-state index is 13.6. The van der Waals surface area contributed by atoms with E-state index in [4.69, 9.17) is 4.74 Å². The zero-order valence-corrected chi connectivity index (χ0v) is 13.6. The lowest BCUT2D eigenvalue weighted by Gasteiger charge is -2.07. The summed E-state index contributed by atoms with van der Waals surface area (Å²) >= 11 is 1.38. The summed E-state index contributed by atoms with van der Waals surface area (Å²) in [6.07, 6.45) is 5.69. The van der Waals surface area contributed by atoms with Gasteiger partial charge in [-0.05, 0) is 30.9 Å². The number of rotatable bonds is 6. The smallest absolute Gasteiger partial charge is 0.226 e. The van der Waals surface area contributed by atoms with Crippen LogP contribution in [0.4, 0.5) is 9.52 Å². The Hall–Kier alpha value is -1.79. The molecule has 2 heterocycles. The second-order valence-corrected chi connectivity index (χ2v) is 6.74. The molecule has 1 aliphatic heterocycles. The van der Waals surface area contributed by atoms with Crippen LogP contribution < -0.4 is 5.32 Å². The summed E-state index contributed by atoms with van der Waals surface area (Å²) in [5.41, 5.74) is 0.632. The molecule has 0 saturated carbocycles. The van der Waals surface area contributed by atoms with E-state index in [-0.39, 0.29) is 17.8 Å². The molecule has 0 bridgehead atoms. The highest BCUT2D eigenvalue weighted by molar-refractivity contribution is 7.15. The van der Waals surface area contributed by atoms with Gasteiger partial charge in [-0.1, -0.05) is 18.2 Å². The van der Waals surface area contributed by atoms with Crippen LogP contribution in [0.1, 0.15) is 36.1 Å². The third-order valence-electron chi connectivity index (χ3n) is 3.84. The lowest BCUT2D eigenvalue weighted by molar-refractivity contribution is -0.116. The number of hydrogen-bond donors (Lipinski definition) is 1. The Labute approximate surface area is 138 Å². The van der Waals surface area contributed by atoms with Gasteiger partial charge in [-0.3, -0.25) is 4.79 Å². The van der Waals surface area contributed by atoms with E-state index in [9.17, 15) is 9.18 Å². The van der Waals surface area contributed by atoms with E-state index in [0.29, 0.717) is 23.5 Å². The molecule has 1 amide bonds. The minimum absolute atomic E-state index is 0.0488. The molecule has 0 spiro atoms. The molecule has 1 aromatic heterocycles. The van der Waals surface area contributed by atoms with E-state index in [0.717, 1.165) is 30.7 Å². The number of benzene rings is 1. The molecule has 1 saturated heterocycles. The van der Waals surface area contributed by atoms with Gasteiger partial charge in [0.2, 0.25) is 5.91 Å². The van der Waals surface area contributed by atoms with Gasteiger partial charge in [-0.2, -0.15) is 0 Å². The van der Waals surface area contributed by atoms with Gasteiger partial charge in [0.1, 0.15) is 5.82 Å².